The summed E-state index contributed by atoms with van der Waals surface area (Å²) in [5.74, 6) is -1.03. The van der Waals surface area contributed by atoms with Gasteiger partial charge in [-0.15, -0.1) is 30.6 Å². The number of benzene rings is 5. The minimum atomic E-state index is -5.20. The van der Waals surface area contributed by atoms with Crippen LogP contribution in [0.3, 0.4) is 0 Å². The molecule has 8 rings (SSSR count). The van der Waals surface area contributed by atoms with E-state index in [2.05, 4.69) is 41.2 Å². The van der Waals surface area contributed by atoms with Crippen LogP contribution in [0.25, 0.3) is 6.08 Å². The van der Waals surface area contributed by atoms with Gasteiger partial charge in [0.15, 0.2) is 0 Å². The summed E-state index contributed by atoms with van der Waals surface area (Å²) in [5.41, 5.74) is 11.6. The number of carbonyl (C=O) groups is 1. The van der Waals surface area contributed by atoms with Crippen molar-refractivity contribution in [2.24, 2.45) is 35.7 Å². The second-order valence-electron chi connectivity index (χ2n) is 14.9. The zero-order chi connectivity index (χ0) is 52.1. The fraction of sp³-hybridized carbons (Fsp3) is 0. The number of nitro benzene ring substituents is 1. The topological polar surface area (TPSA) is 440 Å². The summed E-state index contributed by atoms with van der Waals surface area (Å²) in [6.07, 6.45) is 7.63. The molecule has 0 spiro atoms. The first-order valence-corrected chi connectivity index (χ1v) is 25.3. The van der Waals surface area contributed by atoms with Crippen molar-refractivity contribution < 1.29 is 180 Å². The van der Waals surface area contributed by atoms with Gasteiger partial charge in [0.05, 0.1) is 70.0 Å². The molecule has 0 aromatic heterocycles. The standard InChI is InChI=1S/C42H29N11O15S4.4Na/c43-28-19-29(44)38(53(55)56)20-36(28)51-49-34-14-16-39(71(63,64)65)26-8-9-35(42(54)41(26)34)50-48-33-13-12-32(25-7-5-21(17-27(25)33)69(57,58)59)46-45-30-10-11-31(24-4-2-1-3-23(24)30)47-52-37-18-22(70(60,61)62)6-15-40(37)72(66,67)68;;;;/h1-20,52H,43-44H2,(H,57,58,59)(H,60,61,62)(H,63,64,65)(H,66,67,68);;;;/q;4*+1/p-4. The van der Waals surface area contributed by atoms with Crippen molar-refractivity contribution in [1.29, 1.82) is 0 Å². The molecule has 0 heterocycles. The Morgan fingerprint density at radius 3 is 1.53 bits per heavy atom. The largest absolute Gasteiger partial charge is 1.00 e. The second kappa shape index (κ2) is 25.0. The quantitative estimate of drug-likeness (QED) is 0.0276. The summed E-state index contributed by atoms with van der Waals surface area (Å²) < 4.78 is 144. The van der Waals surface area contributed by atoms with Crippen molar-refractivity contribution >= 4 is 115 Å². The predicted octanol–water partition coefficient (Wildman–Crippen LogP) is -7.99. The van der Waals surface area contributed by atoms with Gasteiger partial charge in [0.1, 0.15) is 57.6 Å². The number of nitrogen functional groups attached to an aromatic ring is 2. The van der Waals surface area contributed by atoms with Gasteiger partial charge in [-0.3, -0.25) is 20.3 Å². The number of hydrogen-bond acceptors (Lipinski definition) is 25. The number of hydrazone groups is 1. The molecule has 0 atom stereocenters. The van der Waals surface area contributed by atoms with E-state index in [9.17, 15) is 66.8 Å². The molecule has 5 aromatic rings. The molecule has 5 N–H and O–H groups in total. The fourth-order valence-electron chi connectivity index (χ4n) is 7.09. The van der Waals surface area contributed by atoms with Crippen LogP contribution in [0.4, 0.5) is 34.1 Å². The molecule has 26 nitrogen and oxygen atoms in total. The van der Waals surface area contributed by atoms with E-state index in [4.69, 9.17) is 11.5 Å². The van der Waals surface area contributed by atoms with Crippen LogP contribution in [0, 0.1) is 10.1 Å². The first-order valence-electron chi connectivity index (χ1n) is 19.7. The van der Waals surface area contributed by atoms with Gasteiger partial charge in [0, 0.05) is 33.9 Å². The molecule has 3 aliphatic carbocycles. The number of ketones is 1. The third-order valence-corrected chi connectivity index (χ3v) is 13.9. The number of nitrogens with two attached hydrogens (primary N) is 2. The molecular formula is C42H25N11Na4O15S4. The van der Waals surface area contributed by atoms with E-state index in [1.165, 1.54) is 30.4 Å². The second-order valence-corrected chi connectivity index (χ2v) is 20.4. The van der Waals surface area contributed by atoms with Crippen LogP contribution >= 0.6 is 0 Å². The molecule has 0 bridgehead atoms. The van der Waals surface area contributed by atoms with E-state index in [1.54, 1.807) is 24.3 Å². The summed E-state index contributed by atoms with van der Waals surface area (Å²) in [6, 6.07) is 15.5. The van der Waals surface area contributed by atoms with Gasteiger partial charge in [-0.2, -0.15) is 5.10 Å². The van der Waals surface area contributed by atoms with Crippen LogP contribution in [-0.4, -0.2) is 91.1 Å². The molecule has 34 heteroatoms. The third-order valence-electron chi connectivity index (χ3n) is 10.4. The number of carbonyl (C=O) groups excluding carboxylic acids is 1. The zero-order valence-corrected chi connectivity index (χ0v) is 50.8. The molecule has 0 radical (unpaired) electrons. The van der Waals surface area contributed by atoms with Gasteiger partial charge in [0.25, 0.3) is 5.69 Å². The van der Waals surface area contributed by atoms with Crippen molar-refractivity contribution in [3.8, 4) is 0 Å². The Balaban J connectivity index is 0.00000312. The van der Waals surface area contributed by atoms with Crippen molar-refractivity contribution in [2.75, 3.05) is 16.9 Å². The van der Waals surface area contributed by atoms with Crippen molar-refractivity contribution in [3.05, 3.63) is 159 Å². The van der Waals surface area contributed by atoms with Crippen LogP contribution in [0.1, 0.15) is 38.2 Å². The van der Waals surface area contributed by atoms with Gasteiger partial charge >= 0.3 is 118 Å². The number of allylic oxidation sites excluding steroid dienone is 5. The van der Waals surface area contributed by atoms with Crippen LogP contribution in [0.5, 0.6) is 0 Å². The number of hydrogen-bond donors (Lipinski definition) is 3. The van der Waals surface area contributed by atoms with Gasteiger partial charge in [0.2, 0.25) is 5.78 Å². The summed E-state index contributed by atoms with van der Waals surface area (Å²) in [7, 11) is -20.5. The van der Waals surface area contributed by atoms with E-state index in [0.717, 1.165) is 48.6 Å². The summed E-state index contributed by atoms with van der Waals surface area (Å²) >= 11 is 0. The number of rotatable bonds is 11. The number of nitrogens with zero attached hydrogens (tertiary/aromatic N) is 8. The Hall–Kier alpha value is -4.62. The minimum absolute atomic E-state index is 0. The first kappa shape index (κ1) is 63.9. The van der Waals surface area contributed by atoms with E-state index in [1.807, 2.05) is 0 Å². The first-order chi connectivity index (χ1) is 33.8. The SMILES string of the molecule is Nc1cc(N)c([N+](=O)[O-])cc1N=Nc1ccc(S(=O)(=O)[O-])c2c1C(=O)C(=NN=C1C=CC(=NN=C3C=CC(=NNc4cc(S(=O)(=O)[O-])ccc4S(=O)(=O)[O-])c4ccccc43)c3ccc(S(=O)(=O)[O-])cc31)C=C2.[Na+].[Na+].[Na+].[Na+]. The van der Waals surface area contributed by atoms with E-state index in [0.29, 0.717) is 29.3 Å². The molecule has 0 fully saturated rings. The Morgan fingerprint density at radius 1 is 0.487 bits per heavy atom. The Kier molecular flexibility index (Phi) is 21.0. The number of anilines is 3. The molecule has 0 aliphatic heterocycles. The summed E-state index contributed by atoms with van der Waals surface area (Å²) in [5, 5.41) is 40.4. The van der Waals surface area contributed by atoms with Crippen LogP contribution in [-0.2, 0) is 40.5 Å². The van der Waals surface area contributed by atoms with Gasteiger partial charge in [-0.05, 0) is 78.9 Å². The number of nitrogens with one attached hydrogen (secondary N) is 1. The third kappa shape index (κ3) is 14.0. The molecular weight excluding hydrogens is 1120 g/mol. The van der Waals surface area contributed by atoms with E-state index < -0.39 is 99.0 Å². The van der Waals surface area contributed by atoms with Crippen molar-refractivity contribution in [1.82, 2.24) is 0 Å². The van der Waals surface area contributed by atoms with Crippen LogP contribution in [0.15, 0.2) is 171 Å². The molecule has 5 aromatic carbocycles. The Morgan fingerprint density at radius 2 is 0.961 bits per heavy atom. The van der Waals surface area contributed by atoms with Gasteiger partial charge in [-0.1, -0.05) is 36.4 Å². The number of fused-ring (bicyclic) bond motifs is 3. The summed E-state index contributed by atoms with van der Waals surface area (Å²) in [6.45, 7) is 0. The monoisotopic (exact) mass is 1140 g/mol. The molecule has 0 unspecified atom stereocenters. The summed E-state index contributed by atoms with van der Waals surface area (Å²) in [4.78, 5) is 21.5. The van der Waals surface area contributed by atoms with E-state index >= 15 is 0 Å². The smallest absolute Gasteiger partial charge is 0.744 e. The van der Waals surface area contributed by atoms with Crippen molar-refractivity contribution in [3.63, 3.8) is 0 Å². The molecule has 0 amide bonds. The maximum atomic E-state index is 14.0. The van der Waals surface area contributed by atoms with Gasteiger partial charge < -0.3 is 29.7 Å². The average molecular weight is 1140 g/mol. The fourth-order valence-corrected chi connectivity index (χ4v) is 9.36. The molecule has 0 saturated heterocycles. The molecule has 76 heavy (non-hydrogen) atoms. The van der Waals surface area contributed by atoms with Crippen LogP contribution in [0.2, 0.25) is 0 Å². The van der Waals surface area contributed by atoms with Crippen molar-refractivity contribution in [2.45, 2.75) is 19.6 Å². The van der Waals surface area contributed by atoms with Gasteiger partial charge in [-0.25, -0.2) is 33.7 Å². The molecule has 0 saturated carbocycles. The average Bonchev–Trinajstić information content (AvgIpc) is 3.30. The van der Waals surface area contributed by atoms with Crippen LogP contribution < -0.4 is 135 Å². The minimum Gasteiger partial charge on any atom is -0.744 e. The Bertz CT molecular complexity index is 4050. The zero-order valence-electron chi connectivity index (χ0n) is 39.5. The number of Topliss-reactive ketones (excluding diaryl/α,β-unsaturated/α-hetero) is 1. The predicted molar refractivity (Wildman–Crippen MR) is 253 cm³/mol. The normalized spacial score (nSPS) is 16.6. The molecule has 3 aliphatic rings. The number of azo groups is 1. The molecule has 366 valence electrons. The maximum absolute atomic E-state index is 14.0. The van der Waals surface area contributed by atoms with E-state index in [-0.39, 0.29) is 175 Å². The Labute approximate surface area is 519 Å². The maximum Gasteiger partial charge on any atom is 1.00 e. The number of nitro groups is 1.